The fraction of sp³-hybridized carbons (Fsp3) is 0.154. The van der Waals surface area contributed by atoms with Crippen LogP contribution >= 0.6 is 0 Å². The lowest BCUT2D eigenvalue weighted by molar-refractivity contribution is -0.141. The number of nitrogen functional groups attached to an aromatic ring is 1. The number of aromatic nitrogens is 2. The molecule has 0 bridgehead atoms. The summed E-state index contributed by atoms with van der Waals surface area (Å²) in [6.07, 6.45) is -4.68. The lowest BCUT2D eigenvalue weighted by Crippen LogP contribution is -2.22. The molecule has 0 aliphatic heterocycles. The number of anilines is 3. The van der Waals surface area contributed by atoms with Crippen LogP contribution in [0.2, 0.25) is 0 Å². The highest BCUT2D eigenvalue weighted by Crippen LogP contribution is 2.29. The van der Waals surface area contributed by atoms with Gasteiger partial charge in [0.1, 0.15) is 5.82 Å². The first-order valence-electron chi connectivity index (χ1n) is 6.10. The maximum Gasteiger partial charge on any atom is 0.433 e. The second-order valence-electron chi connectivity index (χ2n) is 4.44. The van der Waals surface area contributed by atoms with E-state index in [1.807, 2.05) is 6.92 Å². The number of carbonyl (C=O) groups is 1. The zero-order chi connectivity index (χ0) is 16.3. The van der Waals surface area contributed by atoms with Crippen molar-refractivity contribution in [1.82, 2.24) is 9.97 Å². The van der Waals surface area contributed by atoms with Gasteiger partial charge >= 0.3 is 12.2 Å². The molecular formula is C13H12F3N5O. The fourth-order valence-electron chi connectivity index (χ4n) is 1.57. The Kier molecular flexibility index (Phi) is 4.15. The van der Waals surface area contributed by atoms with Gasteiger partial charge in [0.05, 0.1) is 0 Å². The van der Waals surface area contributed by atoms with E-state index in [1.165, 1.54) is 0 Å². The largest absolute Gasteiger partial charge is 0.433 e. The maximum absolute atomic E-state index is 12.6. The van der Waals surface area contributed by atoms with Crippen LogP contribution in [0, 0.1) is 6.92 Å². The van der Waals surface area contributed by atoms with Crippen LogP contribution in [0.1, 0.15) is 11.3 Å². The average molecular weight is 311 g/mol. The molecular weight excluding hydrogens is 299 g/mol. The molecule has 0 unspecified atom stereocenters. The number of amides is 2. The highest BCUT2D eigenvalue weighted by Gasteiger charge is 2.33. The van der Waals surface area contributed by atoms with Gasteiger partial charge in [-0.1, -0.05) is 17.7 Å². The van der Waals surface area contributed by atoms with Crippen molar-refractivity contribution in [1.29, 1.82) is 0 Å². The zero-order valence-corrected chi connectivity index (χ0v) is 11.4. The molecule has 2 amide bonds. The Morgan fingerprint density at radius 3 is 2.36 bits per heavy atom. The molecule has 0 aliphatic carbocycles. The monoisotopic (exact) mass is 311 g/mol. The minimum Gasteiger partial charge on any atom is -0.384 e. The van der Waals surface area contributed by atoms with Gasteiger partial charge in [-0.3, -0.25) is 5.32 Å². The van der Waals surface area contributed by atoms with E-state index in [-0.39, 0.29) is 0 Å². The highest BCUT2D eigenvalue weighted by molar-refractivity contribution is 5.98. The summed E-state index contributed by atoms with van der Waals surface area (Å²) in [5, 5.41) is 4.55. The lowest BCUT2D eigenvalue weighted by atomic mass is 10.2. The third kappa shape index (κ3) is 4.08. The summed E-state index contributed by atoms with van der Waals surface area (Å²) in [6.45, 7) is 1.88. The van der Waals surface area contributed by atoms with Crippen LogP contribution < -0.4 is 16.4 Å². The minimum absolute atomic E-state index is 0.395. The van der Waals surface area contributed by atoms with Crippen molar-refractivity contribution >= 4 is 23.5 Å². The Balaban J connectivity index is 2.11. The van der Waals surface area contributed by atoms with E-state index in [4.69, 9.17) is 5.73 Å². The second kappa shape index (κ2) is 5.88. The summed E-state index contributed by atoms with van der Waals surface area (Å²) in [4.78, 5) is 18.5. The molecule has 0 fully saturated rings. The first-order valence-corrected chi connectivity index (χ1v) is 6.10. The van der Waals surface area contributed by atoms with Gasteiger partial charge in [-0.2, -0.15) is 18.2 Å². The number of nitrogens with zero attached hydrogens (tertiary/aromatic N) is 2. The van der Waals surface area contributed by atoms with Crippen molar-refractivity contribution in [3.8, 4) is 0 Å². The van der Waals surface area contributed by atoms with Gasteiger partial charge in [-0.05, 0) is 19.1 Å². The molecule has 0 saturated heterocycles. The maximum atomic E-state index is 12.6. The van der Waals surface area contributed by atoms with E-state index in [9.17, 15) is 18.0 Å². The normalized spacial score (nSPS) is 11.1. The lowest BCUT2D eigenvalue weighted by Gasteiger charge is -2.10. The minimum atomic E-state index is -4.68. The number of alkyl halides is 3. The topological polar surface area (TPSA) is 92.9 Å². The smallest absolute Gasteiger partial charge is 0.384 e. The van der Waals surface area contributed by atoms with E-state index >= 15 is 0 Å². The number of carbonyl (C=O) groups excluding carboxylic acids is 1. The zero-order valence-electron chi connectivity index (χ0n) is 11.4. The molecule has 116 valence electrons. The fourth-order valence-corrected chi connectivity index (χ4v) is 1.57. The Labute approximate surface area is 123 Å². The summed E-state index contributed by atoms with van der Waals surface area (Å²) in [7, 11) is 0. The number of hydrogen-bond donors (Lipinski definition) is 3. The standard InChI is InChI=1S/C13H12F3N5O/c1-7-2-4-8(5-3-7)18-12(22)21-11-19-9(13(14,15)16)6-10(17)20-11/h2-6H,1H3,(H4,17,18,19,20,21,22). The van der Waals surface area contributed by atoms with Crippen molar-refractivity contribution in [2.75, 3.05) is 16.4 Å². The number of aryl methyl sites for hydroxylation is 1. The van der Waals surface area contributed by atoms with Crippen LogP contribution in [0.4, 0.5) is 35.4 Å². The van der Waals surface area contributed by atoms with Crippen molar-refractivity contribution in [3.63, 3.8) is 0 Å². The molecule has 4 N–H and O–H groups in total. The van der Waals surface area contributed by atoms with Crippen LogP contribution in [-0.2, 0) is 6.18 Å². The molecule has 1 heterocycles. The van der Waals surface area contributed by atoms with Gasteiger partial charge in [-0.15, -0.1) is 0 Å². The first-order chi connectivity index (χ1) is 10.2. The molecule has 0 spiro atoms. The van der Waals surface area contributed by atoms with Gasteiger partial charge in [0.25, 0.3) is 0 Å². The van der Waals surface area contributed by atoms with E-state index in [1.54, 1.807) is 24.3 Å². The molecule has 1 aromatic heterocycles. The average Bonchev–Trinajstić information content (AvgIpc) is 2.39. The van der Waals surface area contributed by atoms with Crippen LogP contribution in [0.5, 0.6) is 0 Å². The van der Waals surface area contributed by atoms with Gasteiger partial charge in [0.2, 0.25) is 5.95 Å². The molecule has 2 aromatic rings. The van der Waals surface area contributed by atoms with Crippen LogP contribution in [0.25, 0.3) is 0 Å². The third-order valence-corrected chi connectivity index (χ3v) is 2.57. The number of hydrogen-bond acceptors (Lipinski definition) is 4. The van der Waals surface area contributed by atoms with Gasteiger partial charge in [-0.25, -0.2) is 9.78 Å². The van der Waals surface area contributed by atoms with Crippen molar-refractivity contribution in [3.05, 3.63) is 41.6 Å². The third-order valence-electron chi connectivity index (χ3n) is 2.57. The molecule has 0 saturated carbocycles. The van der Waals surface area contributed by atoms with Gasteiger partial charge < -0.3 is 11.1 Å². The van der Waals surface area contributed by atoms with Gasteiger partial charge in [0.15, 0.2) is 5.69 Å². The Morgan fingerprint density at radius 2 is 1.77 bits per heavy atom. The SMILES string of the molecule is Cc1ccc(NC(=O)Nc2nc(N)cc(C(F)(F)F)n2)cc1. The summed E-state index contributed by atoms with van der Waals surface area (Å²) >= 11 is 0. The first kappa shape index (κ1) is 15.5. The predicted molar refractivity (Wildman–Crippen MR) is 75.3 cm³/mol. The summed E-state index contributed by atoms with van der Waals surface area (Å²) in [5.41, 5.74) is 5.52. The van der Waals surface area contributed by atoms with E-state index < -0.39 is 29.7 Å². The summed E-state index contributed by atoms with van der Waals surface area (Å²) < 4.78 is 37.8. The van der Waals surface area contributed by atoms with Crippen LogP contribution in [-0.4, -0.2) is 16.0 Å². The number of halogens is 3. The molecule has 0 radical (unpaired) electrons. The van der Waals surface area contributed by atoms with Crippen molar-refractivity contribution in [2.24, 2.45) is 0 Å². The van der Waals surface area contributed by atoms with E-state index in [0.29, 0.717) is 11.8 Å². The number of rotatable bonds is 2. The Bertz CT molecular complexity index is 685. The highest BCUT2D eigenvalue weighted by atomic mass is 19.4. The van der Waals surface area contributed by atoms with Crippen molar-refractivity contribution in [2.45, 2.75) is 13.1 Å². The van der Waals surface area contributed by atoms with Crippen LogP contribution in [0.15, 0.2) is 30.3 Å². The second-order valence-corrected chi connectivity index (χ2v) is 4.44. The van der Waals surface area contributed by atoms with E-state index in [2.05, 4.69) is 20.6 Å². The number of benzene rings is 1. The molecule has 6 nitrogen and oxygen atoms in total. The Hall–Kier alpha value is -2.84. The van der Waals surface area contributed by atoms with Crippen LogP contribution in [0.3, 0.4) is 0 Å². The molecule has 0 aliphatic rings. The molecule has 2 rings (SSSR count). The van der Waals surface area contributed by atoms with Crippen molar-refractivity contribution < 1.29 is 18.0 Å². The molecule has 22 heavy (non-hydrogen) atoms. The number of urea groups is 1. The summed E-state index contributed by atoms with van der Waals surface area (Å²) in [6, 6.07) is 6.65. The molecule has 0 atom stereocenters. The van der Waals surface area contributed by atoms with E-state index in [0.717, 1.165) is 5.56 Å². The number of nitrogens with one attached hydrogen (secondary N) is 2. The predicted octanol–water partition coefficient (Wildman–Crippen LogP) is 3.03. The molecule has 9 heteroatoms. The van der Waals surface area contributed by atoms with Gasteiger partial charge in [0, 0.05) is 11.8 Å². The molecule has 1 aromatic carbocycles. The summed E-state index contributed by atoms with van der Waals surface area (Å²) in [5.74, 6) is -0.926. The quantitative estimate of drug-likeness (QED) is 0.794. The number of nitrogens with two attached hydrogens (primary N) is 1. The Morgan fingerprint density at radius 1 is 1.14 bits per heavy atom.